The summed E-state index contributed by atoms with van der Waals surface area (Å²) < 4.78 is 11.7. The Bertz CT molecular complexity index is 325. The molecule has 0 aliphatic rings. The summed E-state index contributed by atoms with van der Waals surface area (Å²) in [5.41, 5.74) is 2.41. The normalized spacial score (nSPS) is 12.7. The molecule has 1 N–H and O–H groups in total. The van der Waals surface area contributed by atoms with Crippen LogP contribution in [0.25, 0.3) is 0 Å². The van der Waals surface area contributed by atoms with Crippen LogP contribution in [0.15, 0.2) is 24.3 Å². The van der Waals surface area contributed by atoms with Crippen molar-refractivity contribution >= 4 is 10.8 Å². The molecule has 0 bridgehead atoms. The minimum absolute atomic E-state index is 0.686. The van der Waals surface area contributed by atoms with E-state index < -0.39 is 10.8 Å². The molecule has 0 spiro atoms. The summed E-state index contributed by atoms with van der Waals surface area (Å²) in [6.07, 6.45) is 0.981. The van der Waals surface area contributed by atoms with Gasteiger partial charge in [-0.2, -0.15) is 0 Å². The first-order valence-electron chi connectivity index (χ1n) is 5.27. The molecule has 0 aromatic heterocycles. The van der Waals surface area contributed by atoms with Gasteiger partial charge in [0.25, 0.3) is 0 Å². The molecule has 0 radical (unpaired) electrons. The number of benzene rings is 1. The molecule has 3 heteroatoms. The van der Waals surface area contributed by atoms with Gasteiger partial charge in [-0.3, -0.25) is 4.21 Å². The molecule has 1 unspecified atom stereocenters. The van der Waals surface area contributed by atoms with Crippen LogP contribution >= 0.6 is 0 Å². The maximum atomic E-state index is 11.7. The number of rotatable bonds is 6. The molecule has 0 fully saturated rings. The Hall–Kier alpha value is -0.670. The van der Waals surface area contributed by atoms with Crippen molar-refractivity contribution in [3.05, 3.63) is 35.4 Å². The second-order valence-corrected chi connectivity index (χ2v) is 5.31. The SMILES string of the molecule is CNCCCS(=O)Cc1cccc(C)c1. The molecule has 0 saturated carbocycles. The second-order valence-electron chi connectivity index (χ2n) is 3.73. The van der Waals surface area contributed by atoms with E-state index in [0.717, 1.165) is 18.7 Å². The minimum atomic E-state index is -0.721. The Morgan fingerprint density at radius 1 is 1.40 bits per heavy atom. The first kappa shape index (κ1) is 12.4. The summed E-state index contributed by atoms with van der Waals surface area (Å²) in [5, 5.41) is 3.06. The molecule has 15 heavy (non-hydrogen) atoms. The third kappa shape index (κ3) is 5.09. The van der Waals surface area contributed by atoms with Gasteiger partial charge >= 0.3 is 0 Å². The fraction of sp³-hybridized carbons (Fsp3) is 0.500. The summed E-state index contributed by atoms with van der Waals surface area (Å²) in [5.74, 6) is 1.47. The van der Waals surface area contributed by atoms with Gasteiger partial charge in [-0.25, -0.2) is 0 Å². The molecule has 1 aromatic carbocycles. The fourth-order valence-electron chi connectivity index (χ4n) is 1.47. The van der Waals surface area contributed by atoms with Crippen molar-refractivity contribution in [1.29, 1.82) is 0 Å². The fourth-order valence-corrected chi connectivity index (χ4v) is 2.63. The summed E-state index contributed by atoms with van der Waals surface area (Å²) in [6.45, 7) is 3.01. The van der Waals surface area contributed by atoms with Crippen LogP contribution in [-0.4, -0.2) is 23.6 Å². The van der Waals surface area contributed by atoms with Crippen molar-refractivity contribution in [2.75, 3.05) is 19.3 Å². The molecule has 1 aromatic rings. The Kier molecular flexibility index (Phi) is 5.58. The molecule has 0 amide bonds. The van der Waals surface area contributed by atoms with Crippen molar-refractivity contribution in [3.8, 4) is 0 Å². The van der Waals surface area contributed by atoms with Crippen LogP contribution in [-0.2, 0) is 16.6 Å². The summed E-state index contributed by atoms with van der Waals surface area (Å²) in [6, 6.07) is 8.24. The van der Waals surface area contributed by atoms with Crippen LogP contribution in [0, 0.1) is 6.92 Å². The maximum absolute atomic E-state index is 11.7. The lowest BCUT2D eigenvalue weighted by molar-refractivity contribution is 0.676. The molecule has 0 saturated heterocycles. The summed E-state index contributed by atoms with van der Waals surface area (Å²) in [4.78, 5) is 0. The molecular weight excluding hydrogens is 206 g/mol. The lowest BCUT2D eigenvalue weighted by atomic mass is 10.2. The number of hydrogen-bond donors (Lipinski definition) is 1. The van der Waals surface area contributed by atoms with Gasteiger partial charge in [0.2, 0.25) is 0 Å². The lowest BCUT2D eigenvalue weighted by Gasteiger charge is -2.03. The number of aryl methyl sites for hydroxylation is 1. The monoisotopic (exact) mass is 225 g/mol. The molecular formula is C12H19NOS. The number of nitrogens with one attached hydrogen (secondary N) is 1. The van der Waals surface area contributed by atoms with E-state index in [2.05, 4.69) is 24.4 Å². The minimum Gasteiger partial charge on any atom is -0.320 e. The molecule has 0 heterocycles. The van der Waals surface area contributed by atoms with Crippen molar-refractivity contribution < 1.29 is 4.21 Å². The van der Waals surface area contributed by atoms with E-state index in [1.807, 2.05) is 19.2 Å². The van der Waals surface area contributed by atoms with E-state index >= 15 is 0 Å². The first-order valence-corrected chi connectivity index (χ1v) is 6.76. The Morgan fingerprint density at radius 2 is 2.20 bits per heavy atom. The van der Waals surface area contributed by atoms with E-state index in [4.69, 9.17) is 0 Å². The van der Waals surface area contributed by atoms with Gasteiger partial charge in [0.05, 0.1) is 0 Å². The number of hydrogen-bond acceptors (Lipinski definition) is 2. The van der Waals surface area contributed by atoms with Crippen LogP contribution < -0.4 is 5.32 Å². The predicted molar refractivity (Wildman–Crippen MR) is 66.4 cm³/mol. The van der Waals surface area contributed by atoms with Crippen LogP contribution in [0.4, 0.5) is 0 Å². The standard InChI is InChI=1S/C12H19NOS/c1-11-5-3-6-12(9-11)10-15(14)8-4-7-13-2/h3,5-6,9,13H,4,7-8,10H2,1-2H3. The topological polar surface area (TPSA) is 29.1 Å². The van der Waals surface area contributed by atoms with Crippen LogP contribution in [0.3, 0.4) is 0 Å². The molecule has 1 atom stereocenters. The Labute approximate surface area is 94.5 Å². The largest absolute Gasteiger partial charge is 0.320 e. The van der Waals surface area contributed by atoms with E-state index in [1.165, 1.54) is 11.1 Å². The van der Waals surface area contributed by atoms with E-state index in [-0.39, 0.29) is 0 Å². The first-order chi connectivity index (χ1) is 7.22. The zero-order valence-electron chi connectivity index (χ0n) is 9.45. The molecule has 1 rings (SSSR count). The maximum Gasteiger partial charge on any atom is 0.0485 e. The van der Waals surface area contributed by atoms with E-state index in [0.29, 0.717) is 5.75 Å². The zero-order valence-corrected chi connectivity index (χ0v) is 10.3. The average Bonchev–Trinajstić information content (AvgIpc) is 2.18. The van der Waals surface area contributed by atoms with Crippen molar-refractivity contribution in [2.24, 2.45) is 0 Å². The summed E-state index contributed by atoms with van der Waals surface area (Å²) in [7, 11) is 1.20. The predicted octanol–water partition coefficient (Wildman–Crippen LogP) is 1.85. The van der Waals surface area contributed by atoms with E-state index in [9.17, 15) is 4.21 Å². The third-order valence-corrected chi connectivity index (χ3v) is 3.61. The van der Waals surface area contributed by atoms with Gasteiger partial charge < -0.3 is 5.32 Å². The Balaban J connectivity index is 2.37. The highest BCUT2D eigenvalue weighted by Crippen LogP contribution is 2.07. The molecule has 2 nitrogen and oxygen atoms in total. The van der Waals surface area contributed by atoms with Crippen LogP contribution in [0.5, 0.6) is 0 Å². The van der Waals surface area contributed by atoms with Crippen molar-refractivity contribution in [2.45, 2.75) is 19.1 Å². The summed E-state index contributed by atoms with van der Waals surface area (Å²) >= 11 is 0. The molecule has 84 valence electrons. The zero-order chi connectivity index (χ0) is 11.1. The van der Waals surface area contributed by atoms with Gasteiger partial charge in [0.1, 0.15) is 0 Å². The quantitative estimate of drug-likeness (QED) is 0.749. The van der Waals surface area contributed by atoms with Gasteiger partial charge in [0, 0.05) is 22.3 Å². The van der Waals surface area contributed by atoms with Gasteiger partial charge in [-0.1, -0.05) is 29.8 Å². The Morgan fingerprint density at radius 3 is 2.87 bits per heavy atom. The lowest BCUT2D eigenvalue weighted by Crippen LogP contribution is -2.12. The van der Waals surface area contributed by atoms with Crippen LogP contribution in [0.2, 0.25) is 0 Å². The second kappa shape index (κ2) is 6.75. The van der Waals surface area contributed by atoms with E-state index in [1.54, 1.807) is 0 Å². The molecule has 0 aliphatic carbocycles. The van der Waals surface area contributed by atoms with Crippen molar-refractivity contribution in [1.82, 2.24) is 5.32 Å². The smallest absolute Gasteiger partial charge is 0.0485 e. The average molecular weight is 225 g/mol. The van der Waals surface area contributed by atoms with Gasteiger partial charge in [-0.05, 0) is 32.5 Å². The highest BCUT2D eigenvalue weighted by Gasteiger charge is 2.01. The van der Waals surface area contributed by atoms with Gasteiger partial charge in [-0.15, -0.1) is 0 Å². The highest BCUT2D eigenvalue weighted by atomic mass is 32.2. The third-order valence-electron chi connectivity index (χ3n) is 2.21. The van der Waals surface area contributed by atoms with Crippen molar-refractivity contribution in [3.63, 3.8) is 0 Å². The highest BCUT2D eigenvalue weighted by molar-refractivity contribution is 7.84. The van der Waals surface area contributed by atoms with Gasteiger partial charge in [0.15, 0.2) is 0 Å². The molecule has 0 aliphatic heterocycles. The van der Waals surface area contributed by atoms with Crippen LogP contribution in [0.1, 0.15) is 17.5 Å².